The molecule has 0 atom stereocenters. The molecule has 0 aliphatic heterocycles. The number of hydrazine groups is 1. The summed E-state index contributed by atoms with van der Waals surface area (Å²) in [7, 11) is 0. The van der Waals surface area contributed by atoms with Crippen molar-refractivity contribution in [3.63, 3.8) is 0 Å². The van der Waals surface area contributed by atoms with E-state index in [0.29, 0.717) is 30.9 Å². The Balaban J connectivity index is 2.02. The van der Waals surface area contributed by atoms with Gasteiger partial charge in [-0.15, -0.1) is 0 Å². The predicted octanol–water partition coefficient (Wildman–Crippen LogP) is 2.29. The quantitative estimate of drug-likeness (QED) is 0.547. The normalized spacial score (nSPS) is 22.6. The molecule has 0 saturated heterocycles. The molecule has 0 amide bonds. The summed E-state index contributed by atoms with van der Waals surface area (Å²) >= 11 is 0. The highest BCUT2D eigenvalue weighted by Gasteiger charge is 2.18. The van der Waals surface area contributed by atoms with Gasteiger partial charge in [0.2, 0.25) is 0 Å². The number of aromatic nitrogens is 2. The molecule has 1 saturated carbocycles. The predicted molar refractivity (Wildman–Crippen MR) is 80.2 cm³/mol. The zero-order valence-electron chi connectivity index (χ0n) is 12.4. The van der Waals surface area contributed by atoms with Gasteiger partial charge in [0.25, 0.3) is 0 Å². The summed E-state index contributed by atoms with van der Waals surface area (Å²) in [6.07, 6.45) is 4.93. The first-order chi connectivity index (χ1) is 9.71. The van der Waals surface area contributed by atoms with Gasteiger partial charge >= 0.3 is 0 Å². The summed E-state index contributed by atoms with van der Waals surface area (Å²) < 4.78 is 5.36. The average molecular weight is 279 g/mol. The van der Waals surface area contributed by atoms with E-state index in [2.05, 4.69) is 27.6 Å². The van der Waals surface area contributed by atoms with Gasteiger partial charge in [0.05, 0.1) is 0 Å². The summed E-state index contributed by atoms with van der Waals surface area (Å²) in [5.74, 6) is 8.38. The van der Waals surface area contributed by atoms with Crippen LogP contribution < -0.4 is 16.6 Å². The number of nitrogens with one attached hydrogen (secondary N) is 2. The second kappa shape index (κ2) is 7.40. The molecule has 1 aromatic heterocycles. The van der Waals surface area contributed by atoms with Gasteiger partial charge in [0.1, 0.15) is 18.2 Å². The van der Waals surface area contributed by atoms with Crippen molar-refractivity contribution < 1.29 is 4.74 Å². The van der Waals surface area contributed by atoms with Crippen molar-refractivity contribution in [3.05, 3.63) is 11.9 Å². The van der Waals surface area contributed by atoms with Gasteiger partial charge in [-0.1, -0.05) is 6.92 Å². The zero-order valence-corrected chi connectivity index (χ0v) is 12.4. The Morgan fingerprint density at radius 1 is 1.25 bits per heavy atom. The highest BCUT2D eigenvalue weighted by molar-refractivity contribution is 5.47. The van der Waals surface area contributed by atoms with Crippen LogP contribution in [0.5, 0.6) is 0 Å². The van der Waals surface area contributed by atoms with E-state index in [1.54, 1.807) is 0 Å². The topological polar surface area (TPSA) is 85.1 Å². The third-order valence-corrected chi connectivity index (χ3v) is 3.72. The molecular formula is C14H25N5O. The first kappa shape index (κ1) is 15.0. The molecule has 1 aromatic rings. The maximum atomic E-state index is 5.46. The van der Waals surface area contributed by atoms with Crippen LogP contribution in [0.2, 0.25) is 0 Å². The fraction of sp³-hybridized carbons (Fsp3) is 0.714. The second-order valence-electron chi connectivity index (χ2n) is 5.44. The van der Waals surface area contributed by atoms with Crippen LogP contribution in [0.25, 0.3) is 0 Å². The lowest BCUT2D eigenvalue weighted by Gasteiger charge is -2.27. The molecule has 0 radical (unpaired) electrons. The van der Waals surface area contributed by atoms with E-state index in [9.17, 15) is 0 Å². The fourth-order valence-corrected chi connectivity index (χ4v) is 2.52. The summed E-state index contributed by atoms with van der Waals surface area (Å²) in [5.41, 5.74) is 2.58. The van der Waals surface area contributed by atoms with Crippen LogP contribution in [-0.4, -0.2) is 22.6 Å². The van der Waals surface area contributed by atoms with E-state index in [1.165, 1.54) is 25.7 Å². The van der Waals surface area contributed by atoms with Crippen molar-refractivity contribution in [1.82, 2.24) is 9.97 Å². The van der Waals surface area contributed by atoms with Crippen LogP contribution in [0.15, 0.2) is 6.07 Å². The number of nitrogen functional groups attached to an aromatic ring is 1. The van der Waals surface area contributed by atoms with Crippen LogP contribution in [0.4, 0.5) is 11.6 Å². The third kappa shape index (κ3) is 4.31. The first-order valence-electron chi connectivity index (χ1n) is 7.40. The number of rotatable bonds is 6. The standard InChI is InChI=1S/C14H25N5O/c1-3-20-9-14-17-12(8-13(18-14)19-15)16-11-6-4-10(2)5-7-11/h8,10-11H,3-7,9,15H2,1-2H3,(H2,16,17,18,19). The number of ether oxygens (including phenoxy) is 1. The van der Waals surface area contributed by atoms with E-state index in [4.69, 9.17) is 10.6 Å². The first-order valence-corrected chi connectivity index (χ1v) is 7.40. The molecule has 1 aliphatic rings. The minimum absolute atomic E-state index is 0.405. The van der Waals surface area contributed by atoms with E-state index < -0.39 is 0 Å². The van der Waals surface area contributed by atoms with E-state index in [-0.39, 0.29) is 0 Å². The third-order valence-electron chi connectivity index (χ3n) is 3.72. The summed E-state index contributed by atoms with van der Waals surface area (Å²) in [6, 6.07) is 2.33. The molecule has 4 N–H and O–H groups in total. The Kier molecular flexibility index (Phi) is 5.55. The molecule has 0 bridgehead atoms. The Labute approximate surface area is 120 Å². The molecule has 0 aromatic carbocycles. The highest BCUT2D eigenvalue weighted by atomic mass is 16.5. The molecule has 6 nitrogen and oxygen atoms in total. The van der Waals surface area contributed by atoms with Crippen LogP contribution in [0, 0.1) is 5.92 Å². The van der Waals surface area contributed by atoms with Gasteiger partial charge in [-0.3, -0.25) is 0 Å². The van der Waals surface area contributed by atoms with Crippen LogP contribution in [-0.2, 0) is 11.3 Å². The molecule has 1 aliphatic carbocycles. The average Bonchev–Trinajstić information content (AvgIpc) is 2.47. The fourth-order valence-electron chi connectivity index (χ4n) is 2.52. The Morgan fingerprint density at radius 2 is 1.95 bits per heavy atom. The summed E-state index contributed by atoms with van der Waals surface area (Å²) in [4.78, 5) is 8.77. The minimum atomic E-state index is 0.405. The van der Waals surface area contributed by atoms with Gasteiger partial charge in [-0.25, -0.2) is 15.8 Å². The summed E-state index contributed by atoms with van der Waals surface area (Å²) in [6.45, 7) is 5.32. The Morgan fingerprint density at radius 3 is 2.60 bits per heavy atom. The van der Waals surface area contributed by atoms with Gasteiger partial charge in [0, 0.05) is 18.7 Å². The van der Waals surface area contributed by atoms with Crippen molar-refractivity contribution in [2.24, 2.45) is 11.8 Å². The van der Waals surface area contributed by atoms with Crippen molar-refractivity contribution in [2.75, 3.05) is 17.3 Å². The van der Waals surface area contributed by atoms with Gasteiger partial charge in [-0.2, -0.15) is 0 Å². The number of nitrogens with zero attached hydrogens (tertiary/aromatic N) is 2. The molecule has 1 heterocycles. The maximum Gasteiger partial charge on any atom is 0.158 e. The second-order valence-corrected chi connectivity index (χ2v) is 5.44. The molecule has 0 spiro atoms. The number of nitrogens with two attached hydrogens (primary N) is 1. The van der Waals surface area contributed by atoms with Crippen molar-refractivity contribution in [1.29, 1.82) is 0 Å². The lowest BCUT2D eigenvalue weighted by atomic mass is 9.87. The van der Waals surface area contributed by atoms with E-state index in [1.807, 2.05) is 13.0 Å². The Hall–Kier alpha value is -1.40. The number of hydrogen-bond donors (Lipinski definition) is 3. The number of anilines is 2. The largest absolute Gasteiger partial charge is 0.374 e. The van der Waals surface area contributed by atoms with Crippen LogP contribution in [0.3, 0.4) is 0 Å². The van der Waals surface area contributed by atoms with Crippen molar-refractivity contribution in [3.8, 4) is 0 Å². The highest BCUT2D eigenvalue weighted by Crippen LogP contribution is 2.26. The maximum absolute atomic E-state index is 5.46. The van der Waals surface area contributed by atoms with Crippen LogP contribution >= 0.6 is 0 Å². The van der Waals surface area contributed by atoms with E-state index in [0.717, 1.165) is 11.7 Å². The van der Waals surface area contributed by atoms with Crippen molar-refractivity contribution in [2.45, 2.75) is 52.2 Å². The smallest absolute Gasteiger partial charge is 0.158 e. The van der Waals surface area contributed by atoms with Crippen LogP contribution in [0.1, 0.15) is 45.4 Å². The van der Waals surface area contributed by atoms with Gasteiger partial charge in [-0.05, 0) is 38.5 Å². The number of hydrogen-bond acceptors (Lipinski definition) is 6. The van der Waals surface area contributed by atoms with Gasteiger partial charge in [0.15, 0.2) is 5.82 Å². The minimum Gasteiger partial charge on any atom is -0.374 e. The zero-order chi connectivity index (χ0) is 14.4. The molecule has 0 unspecified atom stereocenters. The lowest BCUT2D eigenvalue weighted by molar-refractivity contribution is 0.128. The molecule has 112 valence electrons. The van der Waals surface area contributed by atoms with Gasteiger partial charge < -0.3 is 15.5 Å². The molecular weight excluding hydrogens is 254 g/mol. The molecule has 6 heteroatoms. The summed E-state index contributed by atoms with van der Waals surface area (Å²) in [5, 5.41) is 3.49. The SMILES string of the molecule is CCOCc1nc(NN)cc(NC2CCC(C)CC2)n1. The lowest BCUT2D eigenvalue weighted by Crippen LogP contribution is -2.26. The van der Waals surface area contributed by atoms with E-state index >= 15 is 0 Å². The molecule has 2 rings (SSSR count). The molecule has 20 heavy (non-hydrogen) atoms. The van der Waals surface area contributed by atoms with Crippen molar-refractivity contribution >= 4 is 11.6 Å². The molecule has 1 fully saturated rings. The Bertz CT molecular complexity index is 418. The monoisotopic (exact) mass is 279 g/mol.